The standard InChI is InChI=1S/C53H42N2/c54-34-43-32-42(33-50-49-13-7-8-14-51(49)53(52(43)50)44-28-35-27-36(30-44)31-45(53)29-35)41-19-25-48(26-20-41)55(46-21-15-39(16-22-46)37-9-3-1-4-10-37)47-23-17-40(18-24-47)38-11-5-2-6-12-38/h1-26,32-33,35-36,44-45H,27-31H2/i1D,3D,4D,9D,10D. The van der Waals surface area contributed by atoms with Crippen molar-refractivity contribution in [3.8, 4) is 50.6 Å². The van der Waals surface area contributed by atoms with Gasteiger partial charge in [0.25, 0.3) is 0 Å². The summed E-state index contributed by atoms with van der Waals surface area (Å²) in [6.07, 6.45) is 6.49. The molecule has 1 spiro atoms. The van der Waals surface area contributed by atoms with Crippen molar-refractivity contribution in [2.24, 2.45) is 23.7 Å². The Labute approximate surface area is 331 Å². The zero-order valence-corrected chi connectivity index (χ0v) is 30.5. The van der Waals surface area contributed by atoms with Gasteiger partial charge in [-0.25, -0.2) is 0 Å². The lowest BCUT2D eigenvalue weighted by molar-refractivity contribution is -0.0400. The average molecular weight is 712 g/mol. The quantitative estimate of drug-likeness (QED) is 0.172. The molecule has 4 saturated carbocycles. The minimum Gasteiger partial charge on any atom is -0.311 e. The first-order chi connectivity index (χ1) is 29.2. The van der Waals surface area contributed by atoms with Gasteiger partial charge < -0.3 is 4.90 Å². The van der Waals surface area contributed by atoms with Crippen molar-refractivity contribution in [3.63, 3.8) is 0 Å². The molecule has 5 aliphatic rings. The van der Waals surface area contributed by atoms with E-state index in [9.17, 15) is 5.26 Å². The van der Waals surface area contributed by atoms with E-state index in [4.69, 9.17) is 6.85 Å². The van der Waals surface area contributed by atoms with Gasteiger partial charge in [0.05, 0.1) is 18.5 Å². The molecule has 0 saturated heterocycles. The molecular weight excluding hydrogens is 665 g/mol. The molecule has 0 aromatic heterocycles. The summed E-state index contributed by atoms with van der Waals surface area (Å²) in [7, 11) is 0. The van der Waals surface area contributed by atoms with Crippen LogP contribution in [0.5, 0.6) is 0 Å². The average Bonchev–Trinajstić information content (AvgIpc) is 3.58. The molecule has 0 amide bonds. The second-order valence-corrected chi connectivity index (χ2v) is 16.1. The van der Waals surface area contributed by atoms with Crippen LogP contribution in [0.15, 0.2) is 170 Å². The number of fused-ring (bicyclic) bond motifs is 3. The molecule has 0 atom stereocenters. The molecule has 5 aliphatic carbocycles. The van der Waals surface area contributed by atoms with E-state index in [-0.39, 0.29) is 35.1 Å². The Kier molecular flexibility index (Phi) is 6.34. The molecule has 0 N–H and O–H groups in total. The second kappa shape index (κ2) is 12.7. The third kappa shape index (κ3) is 5.07. The molecule has 264 valence electrons. The molecule has 55 heavy (non-hydrogen) atoms. The van der Waals surface area contributed by atoms with Gasteiger partial charge in [-0.2, -0.15) is 5.26 Å². The topological polar surface area (TPSA) is 27.0 Å². The van der Waals surface area contributed by atoms with Crippen LogP contribution in [0.4, 0.5) is 17.1 Å². The van der Waals surface area contributed by atoms with Crippen LogP contribution < -0.4 is 4.90 Å². The van der Waals surface area contributed by atoms with E-state index in [0.717, 1.165) is 56.7 Å². The molecule has 2 heteroatoms. The summed E-state index contributed by atoms with van der Waals surface area (Å²) in [5.41, 5.74) is 13.8. The van der Waals surface area contributed by atoms with Crippen molar-refractivity contribution in [3.05, 3.63) is 186 Å². The third-order valence-electron chi connectivity index (χ3n) is 13.4. The highest BCUT2D eigenvalue weighted by Crippen LogP contribution is 2.70. The molecule has 7 aromatic carbocycles. The Hall–Kier alpha value is -6.17. The number of hydrogen-bond acceptors (Lipinski definition) is 2. The van der Waals surface area contributed by atoms with Crippen molar-refractivity contribution in [1.82, 2.24) is 0 Å². The first-order valence-electron chi connectivity index (χ1n) is 22.2. The second-order valence-electron chi connectivity index (χ2n) is 16.1. The highest BCUT2D eigenvalue weighted by Gasteiger charge is 2.62. The van der Waals surface area contributed by atoms with Crippen molar-refractivity contribution in [2.45, 2.75) is 37.5 Å². The summed E-state index contributed by atoms with van der Waals surface area (Å²) in [6, 6.07) is 49.5. The zero-order chi connectivity index (χ0) is 40.9. The Bertz CT molecular complexity index is 2820. The first-order valence-corrected chi connectivity index (χ1v) is 19.7. The molecule has 0 radical (unpaired) electrons. The van der Waals surface area contributed by atoms with Crippen molar-refractivity contribution in [1.29, 1.82) is 5.26 Å². The molecule has 0 heterocycles. The Balaban J connectivity index is 0.993. The van der Waals surface area contributed by atoms with Crippen molar-refractivity contribution < 1.29 is 6.85 Å². The molecule has 4 bridgehead atoms. The lowest BCUT2D eigenvalue weighted by Gasteiger charge is -2.61. The van der Waals surface area contributed by atoms with Gasteiger partial charge in [0.15, 0.2) is 0 Å². The maximum atomic E-state index is 10.9. The molecule has 7 aromatic rings. The largest absolute Gasteiger partial charge is 0.311 e. The highest BCUT2D eigenvalue weighted by atomic mass is 15.1. The van der Waals surface area contributed by atoms with Crippen LogP contribution >= 0.6 is 0 Å². The predicted molar refractivity (Wildman–Crippen MR) is 225 cm³/mol. The Morgan fingerprint density at radius 3 is 1.60 bits per heavy atom. The van der Waals surface area contributed by atoms with E-state index in [1.807, 2.05) is 42.5 Å². The van der Waals surface area contributed by atoms with E-state index < -0.39 is 6.04 Å². The number of hydrogen-bond donors (Lipinski definition) is 0. The van der Waals surface area contributed by atoms with Crippen LogP contribution in [0.1, 0.15) is 55.6 Å². The maximum absolute atomic E-state index is 10.9. The van der Waals surface area contributed by atoms with Crippen molar-refractivity contribution >= 4 is 17.1 Å². The van der Waals surface area contributed by atoms with E-state index >= 15 is 0 Å². The molecule has 2 nitrogen and oxygen atoms in total. The van der Waals surface area contributed by atoms with Crippen LogP contribution in [0.3, 0.4) is 0 Å². The van der Waals surface area contributed by atoms with E-state index in [1.54, 1.807) is 0 Å². The minimum atomic E-state index is -0.404. The minimum absolute atomic E-state index is 0.0680. The summed E-state index contributed by atoms with van der Waals surface area (Å²) in [4.78, 5) is 2.17. The SMILES string of the molecule is [2H]c1c([2H])c([2H])c(-c2ccc(N(c3ccc(-c4ccccc4)cc3)c3ccc(-c4cc(C#N)c5c(c4)-c4ccccc4C54C5CC6CC(C5)CC4C6)cc3)cc2)c([2H])c1[2H]. The van der Waals surface area contributed by atoms with E-state index in [0.29, 0.717) is 17.4 Å². The van der Waals surface area contributed by atoms with E-state index in [1.165, 1.54) is 54.4 Å². The number of nitrogens with zero attached hydrogens (tertiary/aromatic N) is 2. The predicted octanol–water partition coefficient (Wildman–Crippen LogP) is 13.8. The number of rotatable bonds is 6. The van der Waals surface area contributed by atoms with Crippen LogP contribution in [0.25, 0.3) is 44.5 Å². The van der Waals surface area contributed by atoms with Crippen LogP contribution in [-0.2, 0) is 5.41 Å². The fourth-order valence-electron chi connectivity index (χ4n) is 11.4. The monoisotopic (exact) mass is 711 g/mol. The van der Waals surface area contributed by atoms with Gasteiger partial charge in [0.2, 0.25) is 0 Å². The first kappa shape index (κ1) is 27.4. The molecule has 4 fully saturated rings. The Morgan fingerprint density at radius 2 is 1.02 bits per heavy atom. The van der Waals surface area contributed by atoms with Gasteiger partial charge in [-0.3, -0.25) is 0 Å². The summed E-state index contributed by atoms with van der Waals surface area (Å²) < 4.78 is 41.6. The lowest BCUT2D eigenvalue weighted by atomic mass is 9.43. The molecule has 12 rings (SSSR count). The lowest BCUT2D eigenvalue weighted by Crippen LogP contribution is -2.55. The smallest absolute Gasteiger partial charge is 0.0995 e. The summed E-state index contributed by atoms with van der Waals surface area (Å²) in [5.74, 6) is 2.85. The summed E-state index contributed by atoms with van der Waals surface area (Å²) >= 11 is 0. The van der Waals surface area contributed by atoms with E-state index in [2.05, 4.69) is 108 Å². The van der Waals surface area contributed by atoms with Crippen LogP contribution in [-0.4, -0.2) is 0 Å². The van der Waals surface area contributed by atoms with Crippen LogP contribution in [0.2, 0.25) is 0 Å². The normalized spacial score (nSPS) is 23.9. The molecule has 0 aliphatic heterocycles. The maximum Gasteiger partial charge on any atom is 0.0995 e. The summed E-state index contributed by atoms with van der Waals surface area (Å²) in [5, 5.41) is 10.9. The van der Waals surface area contributed by atoms with Crippen LogP contribution in [0, 0.1) is 35.0 Å². The third-order valence-corrected chi connectivity index (χ3v) is 13.4. The van der Waals surface area contributed by atoms with Gasteiger partial charge in [-0.05, 0) is 160 Å². The number of benzene rings is 7. The fraction of sp³-hybridized carbons (Fsp3) is 0.189. The highest BCUT2D eigenvalue weighted by molar-refractivity contribution is 5.89. The number of nitriles is 1. The fourth-order valence-corrected chi connectivity index (χ4v) is 11.4. The molecular formula is C53H42N2. The zero-order valence-electron chi connectivity index (χ0n) is 35.5. The molecule has 0 unspecified atom stereocenters. The van der Waals surface area contributed by atoms with Gasteiger partial charge >= 0.3 is 0 Å². The van der Waals surface area contributed by atoms with Gasteiger partial charge in [0.1, 0.15) is 0 Å². The van der Waals surface area contributed by atoms with Crippen molar-refractivity contribution in [2.75, 3.05) is 4.90 Å². The summed E-state index contributed by atoms with van der Waals surface area (Å²) in [6.45, 7) is 0. The number of anilines is 3. The van der Waals surface area contributed by atoms with Gasteiger partial charge in [0, 0.05) is 22.5 Å². The van der Waals surface area contributed by atoms with Gasteiger partial charge in [-0.1, -0.05) is 121 Å². The Morgan fingerprint density at radius 1 is 0.509 bits per heavy atom. The van der Waals surface area contributed by atoms with Gasteiger partial charge in [-0.15, -0.1) is 0 Å².